The van der Waals surface area contributed by atoms with E-state index in [4.69, 9.17) is 15.2 Å². The number of rotatable bonds is 8. The molecule has 0 aliphatic rings. The molecule has 0 saturated carbocycles. The number of ether oxygens (including phenoxy) is 2. The minimum atomic E-state index is -0.471. The molecular weight excluding hydrogens is 232 g/mol. The molecule has 18 heavy (non-hydrogen) atoms. The second-order valence-corrected chi connectivity index (χ2v) is 4.26. The summed E-state index contributed by atoms with van der Waals surface area (Å²) in [7, 11) is 3.50. The van der Waals surface area contributed by atoms with Gasteiger partial charge in [-0.2, -0.15) is 0 Å². The van der Waals surface area contributed by atoms with E-state index in [0.29, 0.717) is 31.2 Å². The maximum Gasteiger partial charge on any atom is 0.142 e. The van der Waals surface area contributed by atoms with E-state index in [-0.39, 0.29) is 0 Å². The van der Waals surface area contributed by atoms with Crippen LogP contribution in [0, 0.1) is 0 Å². The topological polar surface area (TPSA) is 68.0 Å². The third-order valence-corrected chi connectivity index (χ3v) is 2.53. The summed E-state index contributed by atoms with van der Waals surface area (Å²) >= 11 is 0. The van der Waals surface area contributed by atoms with Gasteiger partial charge < -0.3 is 25.2 Å². The fraction of sp³-hybridized carbons (Fsp3) is 0.538. The molecule has 0 spiro atoms. The van der Waals surface area contributed by atoms with Crippen molar-refractivity contribution in [3.05, 3.63) is 24.3 Å². The summed E-state index contributed by atoms with van der Waals surface area (Å²) in [6, 6.07) is 7.41. The number of para-hydroxylation sites is 2. The number of hydrogen-bond donors (Lipinski definition) is 2. The summed E-state index contributed by atoms with van der Waals surface area (Å²) in [6.07, 6.45) is -0.471. The maximum absolute atomic E-state index is 9.55. The Labute approximate surface area is 108 Å². The van der Waals surface area contributed by atoms with Gasteiger partial charge in [0.25, 0.3) is 0 Å². The van der Waals surface area contributed by atoms with Crippen LogP contribution >= 0.6 is 0 Å². The highest BCUT2D eigenvalue weighted by Crippen LogP contribution is 2.19. The SMILES string of the molecule is COCC(O)CN(C)CCOc1ccccc1N. The second-order valence-electron chi connectivity index (χ2n) is 4.26. The Morgan fingerprint density at radius 3 is 2.78 bits per heavy atom. The number of nitrogens with zero attached hydrogens (tertiary/aromatic N) is 1. The molecule has 102 valence electrons. The summed E-state index contributed by atoms with van der Waals surface area (Å²) in [5.41, 5.74) is 6.40. The van der Waals surface area contributed by atoms with E-state index in [1.165, 1.54) is 0 Å². The highest BCUT2D eigenvalue weighted by Gasteiger charge is 2.07. The van der Waals surface area contributed by atoms with Gasteiger partial charge in [0.15, 0.2) is 0 Å². The predicted molar refractivity (Wildman–Crippen MR) is 71.7 cm³/mol. The molecule has 0 heterocycles. The number of aliphatic hydroxyl groups excluding tert-OH is 1. The van der Waals surface area contributed by atoms with Crippen LogP contribution in [0.15, 0.2) is 24.3 Å². The number of nitrogen functional groups attached to an aromatic ring is 1. The molecule has 1 aromatic rings. The number of aliphatic hydroxyl groups is 1. The quantitative estimate of drug-likeness (QED) is 0.664. The molecular formula is C13H22N2O3. The molecule has 0 aliphatic heterocycles. The molecule has 1 unspecified atom stereocenters. The van der Waals surface area contributed by atoms with Gasteiger partial charge in [0, 0.05) is 20.2 Å². The van der Waals surface area contributed by atoms with Gasteiger partial charge in [-0.05, 0) is 19.2 Å². The van der Waals surface area contributed by atoms with Crippen LogP contribution in [0.1, 0.15) is 0 Å². The number of benzene rings is 1. The average Bonchev–Trinajstić information content (AvgIpc) is 2.31. The lowest BCUT2D eigenvalue weighted by molar-refractivity contribution is 0.0410. The first kappa shape index (κ1) is 14.8. The van der Waals surface area contributed by atoms with Crippen molar-refractivity contribution in [1.82, 2.24) is 4.90 Å². The third-order valence-electron chi connectivity index (χ3n) is 2.53. The fourth-order valence-corrected chi connectivity index (χ4v) is 1.62. The van der Waals surface area contributed by atoms with Gasteiger partial charge in [0.1, 0.15) is 12.4 Å². The summed E-state index contributed by atoms with van der Waals surface area (Å²) in [5, 5.41) is 9.55. The van der Waals surface area contributed by atoms with E-state index in [1.54, 1.807) is 13.2 Å². The second kappa shape index (κ2) is 7.92. The van der Waals surface area contributed by atoms with Gasteiger partial charge in [-0.25, -0.2) is 0 Å². The molecule has 1 atom stereocenters. The summed E-state index contributed by atoms with van der Waals surface area (Å²) < 4.78 is 10.4. The molecule has 0 aromatic heterocycles. The molecule has 0 aliphatic carbocycles. The summed E-state index contributed by atoms with van der Waals surface area (Å²) in [5.74, 6) is 0.698. The standard InChI is InChI=1S/C13H22N2O3/c1-15(9-11(16)10-17-2)7-8-18-13-6-4-3-5-12(13)14/h3-6,11,16H,7-10,14H2,1-2H3. The molecule has 1 rings (SSSR count). The first-order chi connectivity index (χ1) is 8.63. The lowest BCUT2D eigenvalue weighted by atomic mass is 10.3. The van der Waals surface area contributed by atoms with E-state index in [1.807, 2.05) is 30.1 Å². The van der Waals surface area contributed by atoms with Crippen LogP contribution in [0.4, 0.5) is 5.69 Å². The van der Waals surface area contributed by atoms with Crippen LogP contribution in [0.5, 0.6) is 5.75 Å². The van der Waals surface area contributed by atoms with E-state index in [0.717, 1.165) is 6.54 Å². The minimum Gasteiger partial charge on any atom is -0.490 e. The van der Waals surface area contributed by atoms with Crippen LogP contribution in [0.3, 0.4) is 0 Å². The van der Waals surface area contributed by atoms with Crippen molar-refractivity contribution in [2.75, 3.05) is 46.2 Å². The highest BCUT2D eigenvalue weighted by atomic mass is 16.5. The van der Waals surface area contributed by atoms with Gasteiger partial charge in [0.05, 0.1) is 18.4 Å². The van der Waals surface area contributed by atoms with Crippen molar-refractivity contribution in [3.63, 3.8) is 0 Å². The molecule has 0 saturated heterocycles. The van der Waals surface area contributed by atoms with Crippen molar-refractivity contribution >= 4 is 5.69 Å². The Hall–Kier alpha value is -1.30. The normalized spacial score (nSPS) is 12.7. The zero-order valence-electron chi connectivity index (χ0n) is 11.0. The van der Waals surface area contributed by atoms with Crippen LogP contribution < -0.4 is 10.5 Å². The van der Waals surface area contributed by atoms with Crippen LogP contribution in [-0.4, -0.2) is 56.6 Å². The Balaban J connectivity index is 2.23. The van der Waals surface area contributed by atoms with Crippen LogP contribution in [-0.2, 0) is 4.74 Å². The van der Waals surface area contributed by atoms with E-state index in [2.05, 4.69) is 0 Å². The first-order valence-electron chi connectivity index (χ1n) is 5.96. The molecule has 0 fully saturated rings. The number of hydrogen-bond acceptors (Lipinski definition) is 5. The fourth-order valence-electron chi connectivity index (χ4n) is 1.62. The Kier molecular flexibility index (Phi) is 6.49. The molecule has 3 N–H and O–H groups in total. The molecule has 0 radical (unpaired) electrons. The first-order valence-corrected chi connectivity index (χ1v) is 5.96. The van der Waals surface area contributed by atoms with Crippen molar-refractivity contribution in [2.45, 2.75) is 6.10 Å². The van der Waals surface area contributed by atoms with Crippen molar-refractivity contribution in [3.8, 4) is 5.75 Å². The monoisotopic (exact) mass is 254 g/mol. The molecule has 5 nitrogen and oxygen atoms in total. The molecule has 0 amide bonds. The highest BCUT2D eigenvalue weighted by molar-refractivity contribution is 5.51. The lowest BCUT2D eigenvalue weighted by Gasteiger charge is -2.20. The average molecular weight is 254 g/mol. The van der Waals surface area contributed by atoms with Crippen LogP contribution in [0.2, 0.25) is 0 Å². The Morgan fingerprint density at radius 1 is 1.39 bits per heavy atom. The van der Waals surface area contributed by atoms with E-state index < -0.39 is 6.10 Å². The van der Waals surface area contributed by atoms with Gasteiger partial charge >= 0.3 is 0 Å². The zero-order valence-corrected chi connectivity index (χ0v) is 11.0. The van der Waals surface area contributed by atoms with Crippen LogP contribution in [0.25, 0.3) is 0 Å². The third kappa shape index (κ3) is 5.35. The maximum atomic E-state index is 9.55. The largest absolute Gasteiger partial charge is 0.490 e. The van der Waals surface area contributed by atoms with Gasteiger partial charge in [-0.3, -0.25) is 0 Å². The number of methoxy groups -OCH3 is 1. The van der Waals surface area contributed by atoms with Gasteiger partial charge in [-0.15, -0.1) is 0 Å². The van der Waals surface area contributed by atoms with Crippen molar-refractivity contribution in [1.29, 1.82) is 0 Å². The molecule has 5 heteroatoms. The van der Waals surface area contributed by atoms with Crippen molar-refractivity contribution in [2.24, 2.45) is 0 Å². The number of nitrogens with two attached hydrogens (primary N) is 1. The lowest BCUT2D eigenvalue weighted by Crippen LogP contribution is -2.34. The molecule has 0 bridgehead atoms. The van der Waals surface area contributed by atoms with Gasteiger partial charge in [-0.1, -0.05) is 12.1 Å². The minimum absolute atomic E-state index is 0.344. The summed E-state index contributed by atoms with van der Waals surface area (Å²) in [6.45, 7) is 2.15. The zero-order chi connectivity index (χ0) is 13.4. The Morgan fingerprint density at radius 2 is 2.11 bits per heavy atom. The summed E-state index contributed by atoms with van der Waals surface area (Å²) in [4.78, 5) is 1.99. The van der Waals surface area contributed by atoms with Crippen molar-refractivity contribution < 1.29 is 14.6 Å². The predicted octanol–water partition coefficient (Wildman–Crippen LogP) is 0.587. The number of anilines is 1. The Bertz CT molecular complexity index is 347. The van der Waals surface area contributed by atoms with Gasteiger partial charge in [0.2, 0.25) is 0 Å². The smallest absolute Gasteiger partial charge is 0.142 e. The van der Waals surface area contributed by atoms with E-state index in [9.17, 15) is 5.11 Å². The number of likely N-dealkylation sites (N-methyl/N-ethyl adjacent to an activating group) is 1. The van der Waals surface area contributed by atoms with E-state index >= 15 is 0 Å². The molecule has 1 aromatic carbocycles.